The highest BCUT2D eigenvalue weighted by molar-refractivity contribution is 7.98. The van der Waals surface area contributed by atoms with Gasteiger partial charge >= 0.3 is 0 Å². The summed E-state index contributed by atoms with van der Waals surface area (Å²) in [5, 5.41) is 0.680. The van der Waals surface area contributed by atoms with Crippen LogP contribution in [0.1, 0.15) is 0 Å². The van der Waals surface area contributed by atoms with Gasteiger partial charge in [0, 0.05) is 33.4 Å². The first-order valence-electron chi connectivity index (χ1n) is 5.67. The minimum absolute atomic E-state index is 0.0592. The van der Waals surface area contributed by atoms with E-state index in [0.717, 1.165) is 18.9 Å². The third-order valence-electron chi connectivity index (χ3n) is 3.04. The number of rotatable bonds is 4. The number of anilines is 2. The molecule has 1 fully saturated rings. The maximum atomic E-state index is 5.78. The van der Waals surface area contributed by atoms with Gasteiger partial charge < -0.3 is 20.1 Å². The number of hydrogen-bond donors (Lipinski definition) is 1. The largest absolute Gasteiger partial charge is 0.383 e. The van der Waals surface area contributed by atoms with E-state index in [1.165, 1.54) is 11.8 Å². The topological polar surface area (TPSA) is 73.5 Å². The van der Waals surface area contributed by atoms with Gasteiger partial charge in [0.05, 0.1) is 0 Å². The molecule has 0 bridgehead atoms. The summed E-state index contributed by atoms with van der Waals surface area (Å²) < 4.78 is 10.8. The third kappa shape index (κ3) is 2.68. The molecule has 0 radical (unpaired) electrons. The number of hydrogen-bond acceptors (Lipinski definition) is 7. The molecule has 7 heteroatoms. The van der Waals surface area contributed by atoms with Crippen molar-refractivity contribution < 1.29 is 9.47 Å². The zero-order chi connectivity index (χ0) is 13.1. The molecule has 2 rings (SSSR count). The van der Waals surface area contributed by atoms with E-state index in [4.69, 9.17) is 15.2 Å². The Morgan fingerprint density at radius 1 is 1.28 bits per heavy atom. The molecule has 0 amide bonds. The van der Waals surface area contributed by atoms with E-state index in [2.05, 4.69) is 14.9 Å². The van der Waals surface area contributed by atoms with Crippen LogP contribution in [0.25, 0.3) is 0 Å². The van der Waals surface area contributed by atoms with Crippen molar-refractivity contribution in [1.82, 2.24) is 9.97 Å². The van der Waals surface area contributed by atoms with Gasteiger partial charge in [-0.25, -0.2) is 9.97 Å². The molecule has 1 aromatic heterocycles. The monoisotopic (exact) mass is 270 g/mol. The smallest absolute Gasteiger partial charge is 0.191 e. The second-order valence-electron chi connectivity index (χ2n) is 4.09. The van der Waals surface area contributed by atoms with Gasteiger partial charge in [-0.1, -0.05) is 11.8 Å². The number of thioether (sulfide) groups is 1. The maximum Gasteiger partial charge on any atom is 0.191 e. The predicted octanol–water partition coefficient (Wildman–Crippen LogP) is 0.631. The van der Waals surface area contributed by atoms with Crippen LogP contribution in [0.2, 0.25) is 0 Å². The molecule has 18 heavy (non-hydrogen) atoms. The van der Waals surface area contributed by atoms with Crippen LogP contribution in [-0.4, -0.2) is 55.7 Å². The second-order valence-corrected chi connectivity index (χ2v) is 4.86. The van der Waals surface area contributed by atoms with E-state index in [0.29, 0.717) is 11.0 Å². The molecule has 0 spiro atoms. The summed E-state index contributed by atoms with van der Waals surface area (Å²) >= 11 is 1.48. The number of nitrogen functional groups attached to an aromatic ring is 1. The predicted molar refractivity (Wildman–Crippen MR) is 72.0 cm³/mol. The summed E-state index contributed by atoms with van der Waals surface area (Å²) in [4.78, 5) is 10.7. The summed E-state index contributed by atoms with van der Waals surface area (Å²) in [5.41, 5.74) is 5.78. The van der Waals surface area contributed by atoms with Gasteiger partial charge in [-0.15, -0.1) is 0 Å². The fourth-order valence-electron chi connectivity index (χ4n) is 2.07. The Hall–Kier alpha value is -1.05. The number of nitrogens with two attached hydrogens (primary N) is 1. The molecule has 100 valence electrons. The molecule has 2 unspecified atom stereocenters. The first-order valence-corrected chi connectivity index (χ1v) is 6.89. The molecule has 2 atom stereocenters. The summed E-state index contributed by atoms with van der Waals surface area (Å²) in [5.74, 6) is 1.31. The number of nitrogens with zero attached hydrogens (tertiary/aromatic N) is 3. The number of methoxy groups -OCH3 is 2. The Kier molecular flexibility index (Phi) is 4.26. The maximum absolute atomic E-state index is 5.78. The van der Waals surface area contributed by atoms with Crippen molar-refractivity contribution in [2.45, 2.75) is 17.4 Å². The molecular weight excluding hydrogens is 252 g/mol. The highest BCUT2D eigenvalue weighted by Crippen LogP contribution is 2.24. The summed E-state index contributed by atoms with van der Waals surface area (Å²) in [6.45, 7) is 1.50. The molecule has 1 saturated heterocycles. The Bertz CT molecular complexity index is 406. The molecule has 1 aliphatic heterocycles. The summed E-state index contributed by atoms with van der Waals surface area (Å²) in [6, 6.07) is 1.78. The average Bonchev–Trinajstić information content (AvgIpc) is 2.81. The van der Waals surface area contributed by atoms with Crippen molar-refractivity contribution in [3.63, 3.8) is 0 Å². The van der Waals surface area contributed by atoms with Crippen LogP contribution in [0.4, 0.5) is 11.6 Å². The molecule has 1 aromatic rings. The zero-order valence-electron chi connectivity index (χ0n) is 10.8. The van der Waals surface area contributed by atoms with Crippen LogP contribution in [0, 0.1) is 0 Å². The van der Waals surface area contributed by atoms with Crippen LogP contribution < -0.4 is 10.6 Å². The van der Waals surface area contributed by atoms with E-state index in [1.807, 2.05) is 6.26 Å². The van der Waals surface area contributed by atoms with Gasteiger partial charge in [0.15, 0.2) is 5.16 Å². The van der Waals surface area contributed by atoms with Gasteiger partial charge in [0.1, 0.15) is 23.8 Å². The zero-order valence-corrected chi connectivity index (χ0v) is 11.6. The van der Waals surface area contributed by atoms with Crippen molar-refractivity contribution in [3.8, 4) is 0 Å². The lowest BCUT2D eigenvalue weighted by atomic mass is 10.3. The standard InChI is InChI=1S/C11H18N4O2S/c1-16-7-5-15(6-8(7)17-2)10-4-9(12)13-11(14-10)18-3/h4,7-8H,5-6H2,1-3H3,(H2,12,13,14). The van der Waals surface area contributed by atoms with Crippen molar-refractivity contribution in [3.05, 3.63) is 6.07 Å². The van der Waals surface area contributed by atoms with Crippen LogP contribution in [0.5, 0.6) is 0 Å². The van der Waals surface area contributed by atoms with Gasteiger partial charge in [-0.05, 0) is 6.26 Å². The van der Waals surface area contributed by atoms with Gasteiger partial charge in [-0.3, -0.25) is 0 Å². The highest BCUT2D eigenvalue weighted by Gasteiger charge is 2.33. The van der Waals surface area contributed by atoms with Gasteiger partial charge in [0.25, 0.3) is 0 Å². The first kappa shape index (κ1) is 13.4. The van der Waals surface area contributed by atoms with Gasteiger partial charge in [-0.2, -0.15) is 0 Å². The van der Waals surface area contributed by atoms with Crippen molar-refractivity contribution in [1.29, 1.82) is 0 Å². The van der Waals surface area contributed by atoms with Crippen molar-refractivity contribution >= 4 is 23.4 Å². The number of aromatic nitrogens is 2. The third-order valence-corrected chi connectivity index (χ3v) is 3.59. The Labute approximate surface area is 111 Å². The molecule has 2 N–H and O–H groups in total. The van der Waals surface area contributed by atoms with Crippen LogP contribution in [0.15, 0.2) is 11.2 Å². The fourth-order valence-corrected chi connectivity index (χ4v) is 2.45. The summed E-state index contributed by atoms with van der Waals surface area (Å²) in [7, 11) is 3.39. The van der Waals surface area contributed by atoms with E-state index < -0.39 is 0 Å². The second kappa shape index (κ2) is 5.73. The molecule has 6 nitrogen and oxygen atoms in total. The molecule has 0 aromatic carbocycles. The van der Waals surface area contributed by atoms with E-state index in [9.17, 15) is 0 Å². The molecule has 0 aliphatic carbocycles. The molecule has 1 aliphatic rings. The quantitative estimate of drug-likeness (QED) is 0.635. The SMILES string of the molecule is COC1CN(c2cc(N)nc(SC)n2)CC1OC. The van der Waals surface area contributed by atoms with Crippen LogP contribution >= 0.6 is 11.8 Å². The van der Waals surface area contributed by atoms with Crippen LogP contribution in [0.3, 0.4) is 0 Å². The summed E-state index contributed by atoms with van der Waals surface area (Å²) in [6.07, 6.45) is 2.05. The Morgan fingerprint density at radius 2 is 1.89 bits per heavy atom. The first-order chi connectivity index (χ1) is 8.67. The molecule has 0 saturated carbocycles. The Balaban J connectivity index is 2.20. The van der Waals surface area contributed by atoms with Crippen molar-refractivity contribution in [2.24, 2.45) is 0 Å². The Morgan fingerprint density at radius 3 is 2.39 bits per heavy atom. The van der Waals surface area contributed by atoms with Gasteiger partial charge in [0.2, 0.25) is 0 Å². The lowest BCUT2D eigenvalue weighted by Crippen LogP contribution is -2.27. The molecule has 2 heterocycles. The van der Waals surface area contributed by atoms with Crippen LogP contribution in [-0.2, 0) is 9.47 Å². The molecular formula is C11H18N4O2S. The lowest BCUT2D eigenvalue weighted by Gasteiger charge is -2.17. The van der Waals surface area contributed by atoms with Crippen molar-refractivity contribution in [2.75, 3.05) is 44.2 Å². The van der Waals surface area contributed by atoms with E-state index in [-0.39, 0.29) is 12.2 Å². The fraction of sp³-hybridized carbons (Fsp3) is 0.636. The van der Waals surface area contributed by atoms with E-state index >= 15 is 0 Å². The lowest BCUT2D eigenvalue weighted by molar-refractivity contribution is -0.00461. The minimum atomic E-state index is 0.0592. The minimum Gasteiger partial charge on any atom is -0.383 e. The normalized spacial score (nSPS) is 23.6. The highest BCUT2D eigenvalue weighted by atomic mass is 32.2. The van der Waals surface area contributed by atoms with E-state index in [1.54, 1.807) is 20.3 Å². The average molecular weight is 270 g/mol. The number of ether oxygens (including phenoxy) is 2.